The Morgan fingerprint density at radius 3 is 2.03 bits per heavy atom. The molecule has 4 rings (SSSR count). The highest BCUT2D eigenvalue weighted by molar-refractivity contribution is 8.04. The van der Waals surface area contributed by atoms with E-state index in [1.807, 2.05) is 72.5 Å². The van der Waals surface area contributed by atoms with E-state index < -0.39 is 17.6 Å². The molecule has 0 spiro atoms. The van der Waals surface area contributed by atoms with Gasteiger partial charge in [-0.05, 0) is 55.5 Å². The van der Waals surface area contributed by atoms with Crippen LogP contribution in [0.15, 0.2) is 100 Å². The van der Waals surface area contributed by atoms with Gasteiger partial charge in [0.15, 0.2) is 0 Å². The number of amides is 2. The van der Waals surface area contributed by atoms with Gasteiger partial charge in [-0.1, -0.05) is 48.2 Å². The van der Waals surface area contributed by atoms with Gasteiger partial charge in [-0.2, -0.15) is 0 Å². The van der Waals surface area contributed by atoms with Crippen LogP contribution in [0.25, 0.3) is 0 Å². The van der Waals surface area contributed by atoms with E-state index in [9.17, 15) is 14.0 Å². The number of hydrogen-bond donors (Lipinski definition) is 0. The maximum Gasteiger partial charge on any atom is 0.283 e. The molecule has 3 aromatic carbocycles. The summed E-state index contributed by atoms with van der Waals surface area (Å²) in [5.74, 6) is -1.26. The van der Waals surface area contributed by atoms with Crippen molar-refractivity contribution in [3.8, 4) is 0 Å². The van der Waals surface area contributed by atoms with Gasteiger partial charge in [-0.3, -0.25) is 9.59 Å². The Kier molecular flexibility index (Phi) is 5.68. The molecule has 6 heteroatoms. The third kappa shape index (κ3) is 3.74. The fraction of sp³-hybridized carbons (Fsp3) is 0.0833. The Balaban J connectivity index is 1.82. The average Bonchev–Trinajstić information content (AvgIpc) is 3.01. The number of para-hydroxylation sites is 1. The van der Waals surface area contributed by atoms with Gasteiger partial charge < -0.3 is 4.90 Å². The Bertz CT molecular complexity index is 1100. The van der Waals surface area contributed by atoms with Crippen LogP contribution in [0, 0.1) is 5.82 Å². The number of hydrogen-bond acceptors (Lipinski definition) is 4. The Labute approximate surface area is 178 Å². The van der Waals surface area contributed by atoms with Crippen molar-refractivity contribution in [1.82, 2.24) is 0 Å². The van der Waals surface area contributed by atoms with E-state index in [1.54, 1.807) is 0 Å². The van der Waals surface area contributed by atoms with E-state index in [4.69, 9.17) is 0 Å². The highest BCUT2D eigenvalue weighted by atomic mass is 32.2. The lowest BCUT2D eigenvalue weighted by Crippen LogP contribution is -2.35. The van der Waals surface area contributed by atoms with Crippen LogP contribution >= 0.6 is 11.8 Å². The van der Waals surface area contributed by atoms with Crippen molar-refractivity contribution >= 4 is 35.0 Å². The molecule has 0 N–H and O–H groups in total. The molecule has 1 aliphatic heterocycles. The van der Waals surface area contributed by atoms with E-state index >= 15 is 0 Å². The molecule has 2 amide bonds. The second kappa shape index (κ2) is 8.55. The van der Waals surface area contributed by atoms with Crippen LogP contribution in [-0.2, 0) is 9.59 Å². The molecule has 4 nitrogen and oxygen atoms in total. The third-order valence-electron chi connectivity index (χ3n) is 4.72. The van der Waals surface area contributed by atoms with Crippen molar-refractivity contribution in [3.63, 3.8) is 0 Å². The van der Waals surface area contributed by atoms with Gasteiger partial charge in [0, 0.05) is 17.1 Å². The summed E-state index contributed by atoms with van der Waals surface area (Å²) in [6.45, 7) is 2.44. The first-order valence-electron chi connectivity index (χ1n) is 9.54. The minimum atomic E-state index is -0.426. The molecule has 30 heavy (non-hydrogen) atoms. The SMILES string of the molecule is CCN(C1=C(Sc2ccccc2)C(=O)N(c2ccc(F)cc2)C1=O)c1ccccc1. The zero-order valence-electron chi connectivity index (χ0n) is 16.3. The lowest BCUT2D eigenvalue weighted by atomic mass is 10.2. The monoisotopic (exact) mass is 418 g/mol. The molecule has 0 saturated heterocycles. The number of anilines is 2. The van der Waals surface area contributed by atoms with Crippen molar-refractivity contribution in [2.75, 3.05) is 16.3 Å². The van der Waals surface area contributed by atoms with Gasteiger partial charge in [0.1, 0.15) is 16.4 Å². The lowest BCUT2D eigenvalue weighted by molar-refractivity contribution is -0.120. The summed E-state index contributed by atoms with van der Waals surface area (Å²) in [5.41, 5.74) is 1.49. The van der Waals surface area contributed by atoms with Crippen molar-refractivity contribution in [2.45, 2.75) is 11.8 Å². The normalized spacial score (nSPS) is 13.9. The number of likely N-dealkylation sites (N-methyl/N-ethyl adjacent to an activating group) is 1. The first-order chi connectivity index (χ1) is 14.6. The molecule has 0 aliphatic carbocycles. The van der Waals surface area contributed by atoms with E-state index in [0.29, 0.717) is 22.8 Å². The molecule has 0 saturated carbocycles. The maximum absolute atomic E-state index is 13.5. The molecule has 3 aromatic rings. The predicted molar refractivity (Wildman–Crippen MR) is 118 cm³/mol. The second-order valence-electron chi connectivity index (χ2n) is 6.59. The van der Waals surface area contributed by atoms with E-state index in [2.05, 4.69) is 0 Å². The van der Waals surface area contributed by atoms with Crippen molar-refractivity contribution in [3.05, 3.63) is 101 Å². The quantitative estimate of drug-likeness (QED) is 0.514. The van der Waals surface area contributed by atoms with Crippen LogP contribution in [0.2, 0.25) is 0 Å². The van der Waals surface area contributed by atoms with Crippen LogP contribution in [0.4, 0.5) is 15.8 Å². The molecular formula is C24H19FN2O2S. The van der Waals surface area contributed by atoms with Gasteiger partial charge in [-0.15, -0.1) is 0 Å². The Morgan fingerprint density at radius 1 is 0.833 bits per heavy atom. The van der Waals surface area contributed by atoms with E-state index in [1.165, 1.54) is 36.0 Å². The molecule has 150 valence electrons. The average molecular weight is 418 g/mol. The fourth-order valence-electron chi connectivity index (χ4n) is 3.34. The Hall–Kier alpha value is -3.38. The molecule has 0 fully saturated rings. The predicted octanol–water partition coefficient (Wildman–Crippen LogP) is 5.23. The number of benzene rings is 3. The zero-order valence-corrected chi connectivity index (χ0v) is 17.1. The smallest absolute Gasteiger partial charge is 0.283 e. The summed E-state index contributed by atoms with van der Waals surface area (Å²) < 4.78 is 13.4. The molecule has 1 heterocycles. The molecule has 0 bridgehead atoms. The summed E-state index contributed by atoms with van der Waals surface area (Å²) in [5, 5.41) is 0. The standard InChI is InChI=1S/C24H19FN2O2S/c1-2-26(18-9-5-3-6-10-18)21-22(30-20-11-7-4-8-12-20)24(29)27(23(21)28)19-15-13-17(25)14-16-19/h3-16H,2H2,1H3. The molecule has 0 aromatic heterocycles. The number of halogens is 1. The minimum Gasteiger partial charge on any atom is -0.336 e. The van der Waals surface area contributed by atoms with Crippen LogP contribution in [0.3, 0.4) is 0 Å². The number of imide groups is 1. The van der Waals surface area contributed by atoms with E-state index in [0.717, 1.165) is 15.5 Å². The summed E-state index contributed by atoms with van der Waals surface area (Å²) in [4.78, 5) is 31.0. The van der Waals surface area contributed by atoms with Gasteiger partial charge >= 0.3 is 0 Å². The molecular weight excluding hydrogens is 399 g/mol. The number of carbonyl (C=O) groups is 2. The van der Waals surface area contributed by atoms with Crippen molar-refractivity contribution in [1.29, 1.82) is 0 Å². The summed E-state index contributed by atoms with van der Waals surface area (Å²) in [6, 6.07) is 24.3. The zero-order chi connectivity index (χ0) is 21.1. The summed E-state index contributed by atoms with van der Waals surface area (Å²) in [6.07, 6.45) is 0. The number of carbonyl (C=O) groups excluding carboxylic acids is 2. The van der Waals surface area contributed by atoms with Crippen molar-refractivity contribution in [2.24, 2.45) is 0 Å². The minimum absolute atomic E-state index is 0.326. The van der Waals surface area contributed by atoms with Crippen LogP contribution in [0.1, 0.15) is 6.92 Å². The van der Waals surface area contributed by atoms with Crippen LogP contribution in [0.5, 0.6) is 0 Å². The first-order valence-corrected chi connectivity index (χ1v) is 10.4. The van der Waals surface area contributed by atoms with Gasteiger partial charge in [-0.25, -0.2) is 9.29 Å². The van der Waals surface area contributed by atoms with E-state index in [-0.39, 0.29) is 0 Å². The van der Waals surface area contributed by atoms with Gasteiger partial charge in [0.25, 0.3) is 11.8 Å². The highest BCUT2D eigenvalue weighted by Crippen LogP contribution is 2.39. The summed E-state index contributed by atoms with van der Waals surface area (Å²) in [7, 11) is 0. The maximum atomic E-state index is 13.5. The second-order valence-corrected chi connectivity index (χ2v) is 7.68. The van der Waals surface area contributed by atoms with Gasteiger partial charge in [0.2, 0.25) is 0 Å². The number of thioether (sulfide) groups is 1. The van der Waals surface area contributed by atoms with Crippen LogP contribution in [-0.4, -0.2) is 18.4 Å². The summed E-state index contributed by atoms with van der Waals surface area (Å²) >= 11 is 1.26. The van der Waals surface area contributed by atoms with Crippen molar-refractivity contribution < 1.29 is 14.0 Å². The number of rotatable bonds is 6. The lowest BCUT2D eigenvalue weighted by Gasteiger charge is -2.24. The Morgan fingerprint density at radius 2 is 1.43 bits per heavy atom. The van der Waals surface area contributed by atoms with Gasteiger partial charge in [0.05, 0.1) is 5.69 Å². The first kappa shape index (κ1) is 19.9. The fourth-order valence-corrected chi connectivity index (χ4v) is 4.34. The topological polar surface area (TPSA) is 40.6 Å². The third-order valence-corrected chi connectivity index (χ3v) is 5.80. The molecule has 1 aliphatic rings. The van der Waals surface area contributed by atoms with Crippen LogP contribution < -0.4 is 9.80 Å². The molecule has 0 atom stereocenters. The largest absolute Gasteiger partial charge is 0.336 e. The number of nitrogens with zero attached hydrogens (tertiary/aromatic N) is 2. The molecule has 0 radical (unpaired) electrons. The highest BCUT2D eigenvalue weighted by Gasteiger charge is 2.42. The molecule has 0 unspecified atom stereocenters.